The molecule has 3 N–H and O–H groups in total. The third kappa shape index (κ3) is 9.17. The summed E-state index contributed by atoms with van der Waals surface area (Å²) in [6.07, 6.45) is 1.83. The summed E-state index contributed by atoms with van der Waals surface area (Å²) in [5, 5.41) is 14.2. The molecule has 0 radical (unpaired) electrons. The summed E-state index contributed by atoms with van der Waals surface area (Å²) in [6, 6.07) is 13.4. The molecule has 0 aromatic heterocycles. The molecule has 0 aliphatic carbocycles. The van der Waals surface area contributed by atoms with Crippen molar-refractivity contribution in [3.05, 3.63) is 64.7 Å². The second kappa shape index (κ2) is 12.6. The average molecular weight is 477 g/mol. The summed E-state index contributed by atoms with van der Waals surface area (Å²) in [5.74, 6) is 0.261. The number of rotatable bonds is 7. The fourth-order valence-corrected chi connectivity index (χ4v) is 3.66. The van der Waals surface area contributed by atoms with Gasteiger partial charge in [-0.3, -0.25) is 5.32 Å². The van der Waals surface area contributed by atoms with Crippen molar-refractivity contribution >= 4 is 8.25 Å². The molecule has 0 saturated carbocycles. The van der Waals surface area contributed by atoms with Crippen molar-refractivity contribution < 1.29 is 19.1 Å². The Morgan fingerprint density at radius 1 is 0.909 bits per heavy atom. The van der Waals surface area contributed by atoms with Crippen molar-refractivity contribution in [2.45, 2.75) is 98.3 Å². The summed E-state index contributed by atoms with van der Waals surface area (Å²) in [5.41, 5.74) is 2.68. The van der Waals surface area contributed by atoms with E-state index in [1.807, 2.05) is 90.9 Å². The van der Waals surface area contributed by atoms with Gasteiger partial charge in [0, 0.05) is 16.2 Å². The Bertz CT molecular complexity index is 848. The molecule has 0 spiro atoms. The summed E-state index contributed by atoms with van der Waals surface area (Å²) >= 11 is 0. The standard InChI is InChI=1S/C23H32NO4P.C4H10/c1-15(16-11-9-8-10-12-16)24-21(28-29(26)27)17-13-18(22(2,3)4)20(25)19(14-17)23(5,6)7;1-3-4-2/h8-15,21,24H,1-7H3,(H-,25,26,27);3-4H2,1-2H3/p+1. The maximum absolute atomic E-state index is 11.6. The highest BCUT2D eigenvalue weighted by Crippen LogP contribution is 2.42. The number of hydrogen-bond donors (Lipinski definition) is 3. The fraction of sp³-hybridized carbons (Fsp3) is 0.556. The van der Waals surface area contributed by atoms with E-state index in [-0.39, 0.29) is 22.6 Å². The van der Waals surface area contributed by atoms with Gasteiger partial charge in [0.25, 0.3) is 0 Å². The minimum absolute atomic E-state index is 0.110. The van der Waals surface area contributed by atoms with Gasteiger partial charge in [0.1, 0.15) is 5.75 Å². The lowest BCUT2D eigenvalue weighted by molar-refractivity contribution is 0.143. The Morgan fingerprint density at radius 3 is 1.73 bits per heavy atom. The van der Waals surface area contributed by atoms with E-state index in [4.69, 9.17) is 4.52 Å². The van der Waals surface area contributed by atoms with Crippen molar-refractivity contribution in [1.82, 2.24) is 5.32 Å². The molecule has 0 aliphatic rings. The summed E-state index contributed by atoms with van der Waals surface area (Å²) in [7, 11) is -2.82. The van der Waals surface area contributed by atoms with Crippen LogP contribution in [0.4, 0.5) is 0 Å². The summed E-state index contributed by atoms with van der Waals surface area (Å²) in [6.45, 7) is 18.5. The first-order chi connectivity index (χ1) is 15.2. The molecule has 6 heteroatoms. The Balaban J connectivity index is 0.00000125. The van der Waals surface area contributed by atoms with Crippen molar-refractivity contribution in [1.29, 1.82) is 0 Å². The Morgan fingerprint density at radius 2 is 1.36 bits per heavy atom. The van der Waals surface area contributed by atoms with E-state index in [1.54, 1.807) is 0 Å². The Kier molecular flexibility index (Phi) is 11.2. The molecule has 2 rings (SSSR count). The largest absolute Gasteiger partial charge is 0.696 e. The zero-order chi connectivity index (χ0) is 25.4. The fourth-order valence-electron chi connectivity index (χ4n) is 3.29. The zero-order valence-corrected chi connectivity index (χ0v) is 22.7. The third-order valence-electron chi connectivity index (χ3n) is 5.45. The number of nitrogens with one attached hydrogen (secondary N) is 1. The van der Waals surface area contributed by atoms with Crippen molar-refractivity contribution in [2.24, 2.45) is 0 Å². The molecule has 0 saturated heterocycles. The monoisotopic (exact) mass is 476 g/mol. The van der Waals surface area contributed by atoms with E-state index in [9.17, 15) is 14.6 Å². The van der Waals surface area contributed by atoms with Crippen LogP contribution in [0.25, 0.3) is 0 Å². The molecule has 3 unspecified atom stereocenters. The van der Waals surface area contributed by atoms with Crippen LogP contribution in [0.1, 0.15) is 110 Å². The van der Waals surface area contributed by atoms with Crippen LogP contribution in [0.3, 0.4) is 0 Å². The van der Waals surface area contributed by atoms with Gasteiger partial charge in [0.05, 0.1) is 0 Å². The maximum atomic E-state index is 11.6. The van der Waals surface area contributed by atoms with Crippen LogP contribution in [0, 0.1) is 0 Å². The maximum Gasteiger partial charge on any atom is 0.696 e. The molecule has 2 aromatic rings. The first kappa shape index (κ1) is 29.3. The van der Waals surface area contributed by atoms with Crippen LogP contribution in [0.15, 0.2) is 42.5 Å². The number of unbranched alkanes of at least 4 members (excludes halogenated alkanes) is 1. The molecule has 184 valence electrons. The summed E-state index contributed by atoms with van der Waals surface area (Å²) < 4.78 is 16.9. The number of phenols is 1. The number of aromatic hydroxyl groups is 1. The van der Waals surface area contributed by atoms with E-state index >= 15 is 0 Å². The van der Waals surface area contributed by atoms with Crippen LogP contribution >= 0.6 is 8.25 Å². The van der Waals surface area contributed by atoms with Crippen LogP contribution in [0.5, 0.6) is 5.75 Å². The average Bonchev–Trinajstić information content (AvgIpc) is 2.72. The zero-order valence-electron chi connectivity index (χ0n) is 21.8. The molecule has 0 fully saturated rings. The minimum Gasteiger partial charge on any atom is -0.507 e. The lowest BCUT2D eigenvalue weighted by Crippen LogP contribution is -2.27. The molecule has 0 aliphatic heterocycles. The lowest BCUT2D eigenvalue weighted by Gasteiger charge is -2.29. The topological polar surface area (TPSA) is 78.8 Å². The normalized spacial score (nSPS) is 14.2. The first-order valence-electron chi connectivity index (χ1n) is 11.7. The van der Waals surface area contributed by atoms with E-state index in [0.29, 0.717) is 5.56 Å². The number of benzene rings is 2. The second-order valence-electron chi connectivity index (χ2n) is 10.5. The van der Waals surface area contributed by atoms with Crippen LogP contribution in [-0.4, -0.2) is 10.00 Å². The molecule has 0 amide bonds. The molecule has 0 heterocycles. The van der Waals surface area contributed by atoms with Crippen LogP contribution in [0.2, 0.25) is 0 Å². The van der Waals surface area contributed by atoms with Crippen LogP contribution in [-0.2, 0) is 19.9 Å². The van der Waals surface area contributed by atoms with E-state index in [2.05, 4.69) is 19.2 Å². The van der Waals surface area contributed by atoms with E-state index < -0.39 is 14.5 Å². The number of phenolic OH excluding ortho intramolecular Hbond substituents is 1. The highest BCUT2D eigenvalue weighted by atomic mass is 31.1. The van der Waals surface area contributed by atoms with Gasteiger partial charge in [0.15, 0.2) is 6.23 Å². The van der Waals surface area contributed by atoms with Gasteiger partial charge in [-0.15, -0.1) is 4.89 Å². The first-order valence-corrected chi connectivity index (χ1v) is 12.9. The highest BCUT2D eigenvalue weighted by Gasteiger charge is 2.32. The Hall–Kier alpha value is -1.78. The summed E-state index contributed by atoms with van der Waals surface area (Å²) in [4.78, 5) is 9.48. The Labute approximate surface area is 201 Å². The van der Waals surface area contributed by atoms with Gasteiger partial charge in [-0.25, -0.2) is 0 Å². The van der Waals surface area contributed by atoms with Gasteiger partial charge in [-0.05, 0) is 46.6 Å². The molecular formula is C27H43NO4P+. The quantitative estimate of drug-likeness (QED) is 0.280. The van der Waals surface area contributed by atoms with Gasteiger partial charge < -0.3 is 5.11 Å². The highest BCUT2D eigenvalue weighted by molar-refractivity contribution is 7.32. The van der Waals surface area contributed by atoms with E-state index in [0.717, 1.165) is 16.7 Å². The molecule has 0 bridgehead atoms. The molecule has 5 nitrogen and oxygen atoms in total. The number of hydrogen-bond acceptors (Lipinski definition) is 4. The van der Waals surface area contributed by atoms with Gasteiger partial charge in [-0.1, -0.05) is 103 Å². The van der Waals surface area contributed by atoms with Crippen molar-refractivity contribution in [3.8, 4) is 5.75 Å². The van der Waals surface area contributed by atoms with Crippen molar-refractivity contribution in [3.63, 3.8) is 0 Å². The second-order valence-corrected chi connectivity index (χ2v) is 11.2. The molecule has 2 aromatic carbocycles. The molecule has 33 heavy (non-hydrogen) atoms. The SMILES string of the molecule is CC(NC(O[P+](=O)O)c1cc(C(C)(C)C)c(O)c(C(C)(C)C)c1)c1ccccc1.CCCC. The van der Waals surface area contributed by atoms with Gasteiger partial charge in [-0.2, -0.15) is 0 Å². The smallest absolute Gasteiger partial charge is 0.507 e. The van der Waals surface area contributed by atoms with Crippen LogP contribution < -0.4 is 5.32 Å². The lowest BCUT2D eigenvalue weighted by atomic mass is 9.78. The van der Waals surface area contributed by atoms with Gasteiger partial charge in [0.2, 0.25) is 0 Å². The molecular weight excluding hydrogens is 433 g/mol. The van der Waals surface area contributed by atoms with Crippen molar-refractivity contribution in [2.75, 3.05) is 0 Å². The third-order valence-corrected chi connectivity index (χ3v) is 5.84. The van der Waals surface area contributed by atoms with E-state index in [1.165, 1.54) is 12.8 Å². The predicted molar refractivity (Wildman–Crippen MR) is 138 cm³/mol. The predicted octanol–water partition coefficient (Wildman–Crippen LogP) is 7.81. The van der Waals surface area contributed by atoms with Gasteiger partial charge >= 0.3 is 8.25 Å². The minimum atomic E-state index is -2.82. The molecule has 3 atom stereocenters.